The number of aryl methyl sites for hydroxylation is 2. The summed E-state index contributed by atoms with van der Waals surface area (Å²) in [4.78, 5) is 10.00. The van der Waals surface area contributed by atoms with Crippen LogP contribution in [0.15, 0.2) is 16.5 Å². The smallest absolute Gasteiger partial charge is 0.119 e. The average Bonchev–Trinajstić information content (AvgIpc) is 2.45. The highest BCUT2D eigenvalue weighted by molar-refractivity contribution is 5.48. The van der Waals surface area contributed by atoms with Gasteiger partial charge in [-0.3, -0.25) is 0 Å². The molecule has 0 fully saturated rings. The Morgan fingerprint density at radius 3 is 2.83 bits per heavy atom. The number of aldehydes is 1. The quantitative estimate of drug-likeness (QED) is 0.497. The van der Waals surface area contributed by atoms with E-state index in [1.165, 1.54) is 0 Å². The number of furan rings is 1. The van der Waals surface area contributed by atoms with Crippen LogP contribution in [0.4, 0.5) is 0 Å². The minimum absolute atomic E-state index is 0.666. The first-order valence-corrected chi connectivity index (χ1v) is 4.32. The first-order chi connectivity index (χ1) is 5.83. The molecular formula is C10H14O2. The van der Waals surface area contributed by atoms with Crippen LogP contribution in [-0.4, -0.2) is 6.29 Å². The van der Waals surface area contributed by atoms with E-state index in [0.29, 0.717) is 6.42 Å². The van der Waals surface area contributed by atoms with Crippen molar-refractivity contribution < 1.29 is 9.21 Å². The maximum absolute atomic E-state index is 10.00. The number of rotatable bonds is 5. The van der Waals surface area contributed by atoms with E-state index in [9.17, 15) is 4.79 Å². The normalized spacial score (nSPS) is 10.1. The SMILES string of the molecule is Cc1ccc(CCCCC=O)o1. The van der Waals surface area contributed by atoms with Gasteiger partial charge in [0.25, 0.3) is 0 Å². The molecule has 1 aromatic rings. The molecule has 0 aliphatic heterocycles. The van der Waals surface area contributed by atoms with Gasteiger partial charge in [0.2, 0.25) is 0 Å². The van der Waals surface area contributed by atoms with Gasteiger partial charge in [0, 0.05) is 12.8 Å². The molecule has 0 N–H and O–H groups in total. The zero-order valence-corrected chi connectivity index (χ0v) is 7.38. The van der Waals surface area contributed by atoms with Crippen LogP contribution in [0.3, 0.4) is 0 Å². The molecule has 0 bridgehead atoms. The summed E-state index contributed by atoms with van der Waals surface area (Å²) in [5, 5.41) is 0. The van der Waals surface area contributed by atoms with Gasteiger partial charge in [-0.2, -0.15) is 0 Å². The van der Waals surface area contributed by atoms with Crippen LogP contribution in [0.5, 0.6) is 0 Å². The molecule has 66 valence electrons. The zero-order chi connectivity index (χ0) is 8.81. The number of hydrogen-bond acceptors (Lipinski definition) is 2. The molecule has 0 saturated heterocycles. The molecule has 1 rings (SSSR count). The van der Waals surface area contributed by atoms with Crippen LogP contribution in [0, 0.1) is 6.92 Å². The van der Waals surface area contributed by atoms with Gasteiger partial charge in [-0.25, -0.2) is 0 Å². The van der Waals surface area contributed by atoms with Crippen molar-refractivity contribution in [3.63, 3.8) is 0 Å². The van der Waals surface area contributed by atoms with Crippen molar-refractivity contribution in [1.29, 1.82) is 0 Å². The first kappa shape index (κ1) is 9.04. The van der Waals surface area contributed by atoms with Gasteiger partial charge >= 0.3 is 0 Å². The molecule has 0 atom stereocenters. The number of hydrogen-bond donors (Lipinski definition) is 0. The van der Waals surface area contributed by atoms with Gasteiger partial charge in [-0.15, -0.1) is 0 Å². The molecule has 0 unspecified atom stereocenters. The van der Waals surface area contributed by atoms with Crippen LogP contribution < -0.4 is 0 Å². The van der Waals surface area contributed by atoms with E-state index < -0.39 is 0 Å². The van der Waals surface area contributed by atoms with Crippen LogP contribution in [0.2, 0.25) is 0 Å². The van der Waals surface area contributed by atoms with Gasteiger partial charge in [-0.05, 0) is 31.9 Å². The van der Waals surface area contributed by atoms with E-state index >= 15 is 0 Å². The number of carbonyl (C=O) groups excluding carboxylic acids is 1. The van der Waals surface area contributed by atoms with Crippen molar-refractivity contribution in [3.05, 3.63) is 23.7 Å². The van der Waals surface area contributed by atoms with E-state index in [4.69, 9.17) is 4.42 Å². The molecule has 0 radical (unpaired) electrons. The largest absolute Gasteiger partial charge is 0.466 e. The molecule has 0 aliphatic carbocycles. The van der Waals surface area contributed by atoms with Crippen molar-refractivity contribution in [2.24, 2.45) is 0 Å². The van der Waals surface area contributed by atoms with Crippen LogP contribution in [0.25, 0.3) is 0 Å². The summed E-state index contributed by atoms with van der Waals surface area (Å²) in [6, 6.07) is 3.96. The molecule has 1 aromatic heterocycles. The Bertz CT molecular complexity index is 238. The van der Waals surface area contributed by atoms with E-state index in [-0.39, 0.29) is 0 Å². The summed E-state index contributed by atoms with van der Waals surface area (Å²) in [7, 11) is 0. The predicted octanol–water partition coefficient (Wildman–Crippen LogP) is 2.50. The molecule has 2 heteroatoms. The van der Waals surface area contributed by atoms with Crippen molar-refractivity contribution in [2.45, 2.75) is 32.6 Å². The van der Waals surface area contributed by atoms with Crippen molar-refractivity contribution >= 4 is 6.29 Å². The standard InChI is InChI=1S/C10H14O2/c1-9-6-7-10(12-9)5-3-2-4-8-11/h6-8H,2-5H2,1H3. The van der Waals surface area contributed by atoms with Crippen molar-refractivity contribution in [2.75, 3.05) is 0 Å². The van der Waals surface area contributed by atoms with Crippen molar-refractivity contribution in [1.82, 2.24) is 0 Å². The minimum Gasteiger partial charge on any atom is -0.466 e. The van der Waals surface area contributed by atoms with E-state index in [1.54, 1.807) is 0 Å². The number of unbranched alkanes of at least 4 members (excludes halogenated alkanes) is 2. The second-order valence-electron chi connectivity index (χ2n) is 2.92. The third kappa shape index (κ3) is 2.91. The Balaban J connectivity index is 2.19. The molecule has 12 heavy (non-hydrogen) atoms. The van der Waals surface area contributed by atoms with Gasteiger partial charge in [0.15, 0.2) is 0 Å². The molecule has 0 aliphatic rings. The second kappa shape index (κ2) is 4.75. The summed E-state index contributed by atoms with van der Waals surface area (Å²) < 4.78 is 5.38. The molecule has 0 spiro atoms. The molecule has 2 nitrogen and oxygen atoms in total. The topological polar surface area (TPSA) is 30.2 Å². The van der Waals surface area contributed by atoms with Gasteiger partial charge in [0.05, 0.1) is 0 Å². The fraction of sp³-hybridized carbons (Fsp3) is 0.500. The summed E-state index contributed by atoms with van der Waals surface area (Å²) in [6.45, 7) is 1.94. The molecule has 0 saturated carbocycles. The Labute approximate surface area is 72.6 Å². The lowest BCUT2D eigenvalue weighted by Crippen LogP contribution is -1.83. The Morgan fingerprint density at radius 1 is 1.42 bits per heavy atom. The van der Waals surface area contributed by atoms with E-state index in [1.807, 2.05) is 19.1 Å². The lowest BCUT2D eigenvalue weighted by Gasteiger charge is -1.93. The minimum atomic E-state index is 0.666. The highest BCUT2D eigenvalue weighted by Gasteiger charge is 1.97. The lowest BCUT2D eigenvalue weighted by atomic mass is 10.2. The highest BCUT2D eigenvalue weighted by atomic mass is 16.3. The first-order valence-electron chi connectivity index (χ1n) is 4.32. The predicted molar refractivity (Wildman–Crippen MR) is 47.1 cm³/mol. The van der Waals surface area contributed by atoms with Gasteiger partial charge in [0.1, 0.15) is 17.8 Å². The fourth-order valence-corrected chi connectivity index (χ4v) is 1.15. The third-order valence-corrected chi connectivity index (χ3v) is 1.79. The van der Waals surface area contributed by atoms with Crippen LogP contribution in [0.1, 0.15) is 30.8 Å². The van der Waals surface area contributed by atoms with Gasteiger partial charge in [-0.1, -0.05) is 0 Å². The summed E-state index contributed by atoms with van der Waals surface area (Å²) in [6.07, 6.45) is 4.57. The molecule has 1 heterocycles. The highest BCUT2D eigenvalue weighted by Crippen LogP contribution is 2.09. The zero-order valence-electron chi connectivity index (χ0n) is 7.38. The summed E-state index contributed by atoms with van der Waals surface area (Å²) >= 11 is 0. The third-order valence-electron chi connectivity index (χ3n) is 1.79. The van der Waals surface area contributed by atoms with Gasteiger partial charge < -0.3 is 9.21 Å². The molecule has 0 aromatic carbocycles. The van der Waals surface area contributed by atoms with Crippen LogP contribution >= 0.6 is 0 Å². The summed E-state index contributed by atoms with van der Waals surface area (Å²) in [5.74, 6) is 1.98. The molecular weight excluding hydrogens is 152 g/mol. The Hall–Kier alpha value is -1.05. The monoisotopic (exact) mass is 166 g/mol. The van der Waals surface area contributed by atoms with Crippen molar-refractivity contribution in [3.8, 4) is 0 Å². The number of carbonyl (C=O) groups is 1. The maximum atomic E-state index is 10.00. The van der Waals surface area contributed by atoms with E-state index in [0.717, 1.165) is 37.1 Å². The Kier molecular flexibility index (Phi) is 3.58. The average molecular weight is 166 g/mol. The lowest BCUT2D eigenvalue weighted by molar-refractivity contribution is -0.107. The fourth-order valence-electron chi connectivity index (χ4n) is 1.15. The maximum Gasteiger partial charge on any atom is 0.119 e. The molecule has 0 amide bonds. The van der Waals surface area contributed by atoms with E-state index in [2.05, 4.69) is 0 Å². The Morgan fingerprint density at radius 2 is 2.25 bits per heavy atom. The summed E-state index contributed by atoms with van der Waals surface area (Å²) in [5.41, 5.74) is 0. The van der Waals surface area contributed by atoms with Crippen LogP contribution in [-0.2, 0) is 11.2 Å². The second-order valence-corrected chi connectivity index (χ2v) is 2.92.